The molecule has 2 saturated heterocycles. The number of ether oxygens (including phenoxy) is 2. The first-order valence-corrected chi connectivity index (χ1v) is 16.5. The predicted octanol–water partition coefficient (Wildman–Crippen LogP) is 4.21. The SMILES string of the molecule is C.C/C(=C\c1cccc(S(=O)(=O)N2CCCC2)c1)[C@H]1OC(=O)C[C@H](O)CC[C@H](C)[C@@H](OC(=O)N2CCNCC2)/C=C/[C@@H]1C. The molecule has 1 amide bonds. The maximum Gasteiger partial charge on any atom is 0.410 e. The van der Waals surface area contributed by atoms with Crippen molar-refractivity contribution in [2.24, 2.45) is 11.8 Å². The fourth-order valence-corrected chi connectivity index (χ4v) is 7.25. The Labute approximate surface area is 257 Å². The number of cyclic esters (lactones) is 1. The van der Waals surface area contributed by atoms with Crippen LogP contribution >= 0.6 is 0 Å². The lowest BCUT2D eigenvalue weighted by molar-refractivity contribution is -0.151. The number of carbonyl (C=O) groups excluding carboxylic acids is 2. The maximum absolute atomic E-state index is 13.1. The van der Waals surface area contributed by atoms with E-state index in [9.17, 15) is 23.1 Å². The zero-order chi connectivity index (χ0) is 30.3. The van der Waals surface area contributed by atoms with Gasteiger partial charge in [0, 0.05) is 45.2 Å². The van der Waals surface area contributed by atoms with E-state index in [-0.39, 0.29) is 36.7 Å². The predicted molar refractivity (Wildman–Crippen MR) is 167 cm³/mol. The summed E-state index contributed by atoms with van der Waals surface area (Å²) in [6.45, 7) is 9.41. The van der Waals surface area contributed by atoms with Crippen LogP contribution in [-0.4, -0.2) is 92.4 Å². The first-order chi connectivity index (χ1) is 20.0. The van der Waals surface area contributed by atoms with Crippen LogP contribution in [0.15, 0.2) is 46.9 Å². The zero-order valence-electron chi connectivity index (χ0n) is 24.9. The van der Waals surface area contributed by atoms with Crippen LogP contribution in [-0.2, 0) is 24.3 Å². The molecule has 0 bridgehead atoms. The standard InChI is InChI=1S/C31H45N3O7S.CH4/c1-22-9-11-26(35)21-29(36)41-30(23(2)10-12-28(22)40-31(37)33-17-13-32-14-18-33)24(3)19-25-7-6-8-27(20-25)42(38,39)34-15-4-5-16-34;/h6-8,10,12,19-20,22-23,26,28,30,32,35H,4-5,9,11,13-18,21H2,1-3H3;1H4/b12-10+,24-19+;/t22-,23-,26+,28-,30-;/m0./s1. The van der Waals surface area contributed by atoms with E-state index in [1.807, 2.05) is 45.1 Å². The average molecular weight is 620 g/mol. The molecule has 0 aliphatic carbocycles. The van der Waals surface area contributed by atoms with Gasteiger partial charge in [-0.2, -0.15) is 4.31 Å². The highest BCUT2D eigenvalue weighted by Crippen LogP contribution is 2.27. The smallest absolute Gasteiger partial charge is 0.410 e. The number of piperazine rings is 1. The number of hydrogen-bond donors (Lipinski definition) is 2. The monoisotopic (exact) mass is 619 g/mol. The Morgan fingerprint density at radius 1 is 1.09 bits per heavy atom. The van der Waals surface area contributed by atoms with Crippen LogP contribution < -0.4 is 5.32 Å². The lowest BCUT2D eigenvalue weighted by Crippen LogP contribution is -2.47. The number of esters is 1. The molecule has 3 aliphatic rings. The number of carbonyl (C=O) groups is 2. The molecule has 1 aromatic carbocycles. The zero-order valence-corrected chi connectivity index (χ0v) is 25.7. The van der Waals surface area contributed by atoms with Crippen molar-refractivity contribution in [1.82, 2.24) is 14.5 Å². The molecule has 3 aliphatic heterocycles. The van der Waals surface area contributed by atoms with Crippen molar-refractivity contribution < 1.29 is 32.6 Å². The summed E-state index contributed by atoms with van der Waals surface area (Å²) in [6.07, 6.45) is 5.73. The van der Waals surface area contributed by atoms with Crippen molar-refractivity contribution in [3.05, 3.63) is 47.6 Å². The molecule has 43 heavy (non-hydrogen) atoms. The van der Waals surface area contributed by atoms with Gasteiger partial charge < -0.3 is 24.8 Å². The number of amides is 1. The Kier molecular flexibility index (Phi) is 12.8. The molecule has 5 atom stereocenters. The van der Waals surface area contributed by atoms with Crippen LogP contribution in [0.1, 0.15) is 65.9 Å². The first kappa shape index (κ1) is 34.8. The van der Waals surface area contributed by atoms with Gasteiger partial charge in [0.05, 0.1) is 17.4 Å². The van der Waals surface area contributed by atoms with Crippen molar-refractivity contribution in [2.45, 2.75) is 83.5 Å². The molecule has 11 heteroatoms. The Hall–Kier alpha value is -2.73. The summed E-state index contributed by atoms with van der Waals surface area (Å²) < 4.78 is 39.6. The summed E-state index contributed by atoms with van der Waals surface area (Å²) in [5.74, 6) is -0.854. The van der Waals surface area contributed by atoms with Crippen LogP contribution in [0.3, 0.4) is 0 Å². The van der Waals surface area contributed by atoms with E-state index in [4.69, 9.17) is 9.47 Å². The van der Waals surface area contributed by atoms with E-state index >= 15 is 0 Å². The summed E-state index contributed by atoms with van der Waals surface area (Å²) >= 11 is 0. The Bertz CT molecular complexity index is 1250. The second-order valence-electron chi connectivity index (χ2n) is 11.7. The molecule has 0 radical (unpaired) electrons. The minimum absolute atomic E-state index is 0. The quantitative estimate of drug-likeness (QED) is 0.371. The first-order valence-electron chi connectivity index (χ1n) is 15.0. The van der Waals surface area contributed by atoms with E-state index in [0.717, 1.165) is 31.5 Å². The number of rotatable bonds is 5. The van der Waals surface area contributed by atoms with Crippen molar-refractivity contribution >= 4 is 28.2 Å². The van der Waals surface area contributed by atoms with E-state index in [1.165, 1.54) is 4.31 Å². The van der Waals surface area contributed by atoms with E-state index in [1.54, 1.807) is 23.1 Å². The van der Waals surface area contributed by atoms with Gasteiger partial charge in [-0.15, -0.1) is 0 Å². The molecular weight excluding hydrogens is 570 g/mol. The van der Waals surface area contributed by atoms with Gasteiger partial charge >= 0.3 is 12.1 Å². The molecule has 0 saturated carbocycles. The minimum Gasteiger partial charge on any atom is -0.457 e. The average Bonchev–Trinajstić information content (AvgIpc) is 3.53. The van der Waals surface area contributed by atoms with Gasteiger partial charge in [0.2, 0.25) is 10.0 Å². The molecule has 0 aromatic heterocycles. The fraction of sp³-hybridized carbons (Fsp3) is 0.625. The lowest BCUT2D eigenvalue weighted by Gasteiger charge is -2.31. The van der Waals surface area contributed by atoms with Gasteiger partial charge in [0.25, 0.3) is 0 Å². The second kappa shape index (κ2) is 15.8. The highest BCUT2D eigenvalue weighted by Gasteiger charge is 2.30. The summed E-state index contributed by atoms with van der Waals surface area (Å²) in [4.78, 5) is 27.7. The number of benzene rings is 1. The van der Waals surface area contributed by atoms with Gasteiger partial charge in [-0.05, 0) is 67.9 Å². The van der Waals surface area contributed by atoms with E-state index in [2.05, 4.69) is 5.32 Å². The maximum atomic E-state index is 13.1. The third-order valence-corrected chi connectivity index (χ3v) is 10.2. The molecular formula is C32H49N3O7S. The summed E-state index contributed by atoms with van der Waals surface area (Å²) in [6, 6.07) is 6.78. The normalized spacial score (nSPS) is 29.0. The summed E-state index contributed by atoms with van der Waals surface area (Å²) in [5.41, 5.74) is 1.41. The summed E-state index contributed by atoms with van der Waals surface area (Å²) in [5, 5.41) is 13.8. The van der Waals surface area contributed by atoms with Gasteiger partial charge in [0.1, 0.15) is 12.2 Å². The number of hydrogen-bond acceptors (Lipinski definition) is 8. The number of nitrogens with zero attached hydrogens (tertiary/aromatic N) is 2. The minimum atomic E-state index is -3.57. The Morgan fingerprint density at radius 3 is 2.49 bits per heavy atom. The molecule has 1 aromatic rings. The number of aliphatic hydroxyl groups excluding tert-OH is 1. The van der Waals surface area contributed by atoms with Crippen LogP contribution in [0.25, 0.3) is 6.08 Å². The van der Waals surface area contributed by atoms with Crippen molar-refractivity contribution in [3.63, 3.8) is 0 Å². The van der Waals surface area contributed by atoms with Gasteiger partial charge in [0.15, 0.2) is 0 Å². The summed E-state index contributed by atoms with van der Waals surface area (Å²) in [7, 11) is -3.57. The molecule has 0 unspecified atom stereocenters. The van der Waals surface area contributed by atoms with Gasteiger partial charge in [-0.1, -0.05) is 45.6 Å². The lowest BCUT2D eigenvalue weighted by atomic mass is 9.91. The van der Waals surface area contributed by atoms with Crippen LogP contribution in [0.2, 0.25) is 0 Å². The molecule has 240 valence electrons. The molecule has 10 nitrogen and oxygen atoms in total. The number of sulfonamides is 1. The van der Waals surface area contributed by atoms with Crippen LogP contribution in [0.5, 0.6) is 0 Å². The fourth-order valence-electron chi connectivity index (χ4n) is 5.68. The Balaban J connectivity index is 0.00000506. The van der Waals surface area contributed by atoms with Crippen LogP contribution in [0.4, 0.5) is 4.79 Å². The highest BCUT2D eigenvalue weighted by atomic mass is 32.2. The molecule has 4 rings (SSSR count). The molecule has 0 spiro atoms. The highest BCUT2D eigenvalue weighted by molar-refractivity contribution is 7.89. The van der Waals surface area contributed by atoms with Crippen molar-refractivity contribution in [3.8, 4) is 0 Å². The van der Waals surface area contributed by atoms with Crippen molar-refractivity contribution in [2.75, 3.05) is 39.3 Å². The van der Waals surface area contributed by atoms with Gasteiger partial charge in [-0.3, -0.25) is 4.79 Å². The second-order valence-corrected chi connectivity index (χ2v) is 13.7. The van der Waals surface area contributed by atoms with E-state index < -0.39 is 34.3 Å². The Morgan fingerprint density at radius 2 is 1.79 bits per heavy atom. The largest absolute Gasteiger partial charge is 0.457 e. The topological polar surface area (TPSA) is 125 Å². The molecule has 2 fully saturated rings. The number of nitrogens with one attached hydrogen (secondary N) is 1. The third kappa shape index (κ3) is 9.38. The van der Waals surface area contributed by atoms with Gasteiger partial charge in [-0.25, -0.2) is 13.2 Å². The molecule has 2 N–H and O–H groups in total. The van der Waals surface area contributed by atoms with Crippen LogP contribution in [0, 0.1) is 11.8 Å². The third-order valence-electron chi connectivity index (χ3n) is 8.27. The molecule has 3 heterocycles. The van der Waals surface area contributed by atoms with Crippen molar-refractivity contribution in [1.29, 1.82) is 0 Å². The number of aliphatic hydroxyl groups is 1. The van der Waals surface area contributed by atoms with E-state index in [0.29, 0.717) is 44.6 Å².